The van der Waals surface area contributed by atoms with Crippen molar-refractivity contribution in [1.29, 1.82) is 0 Å². The van der Waals surface area contributed by atoms with Gasteiger partial charge >= 0.3 is 0 Å². The Balaban J connectivity index is 2.62. The Morgan fingerprint density at radius 2 is 2.36 bits per heavy atom. The van der Waals surface area contributed by atoms with Crippen LogP contribution in [0.1, 0.15) is 25.3 Å². The van der Waals surface area contributed by atoms with Gasteiger partial charge in [-0.05, 0) is 12.8 Å². The molecular formula is C8H14N2O. The van der Waals surface area contributed by atoms with Crippen LogP contribution in [0, 0.1) is 0 Å². The topological polar surface area (TPSA) is 38.0 Å². The van der Waals surface area contributed by atoms with E-state index in [4.69, 9.17) is 0 Å². The zero-order chi connectivity index (χ0) is 8.27. The summed E-state index contributed by atoms with van der Waals surface area (Å²) < 4.78 is 1.64. The van der Waals surface area contributed by atoms with E-state index in [0.717, 1.165) is 24.8 Å². The molecule has 3 nitrogen and oxygen atoms in total. The third-order valence-electron chi connectivity index (χ3n) is 1.68. The average molecular weight is 154 g/mol. The van der Waals surface area contributed by atoms with Gasteiger partial charge < -0.3 is 5.11 Å². The summed E-state index contributed by atoms with van der Waals surface area (Å²) in [4.78, 5) is 0. The highest BCUT2D eigenvalue weighted by Crippen LogP contribution is 2.15. The molecule has 1 rings (SSSR count). The van der Waals surface area contributed by atoms with Crippen LogP contribution in [0.4, 0.5) is 0 Å². The average Bonchev–Trinajstić information content (AvgIpc) is 2.26. The quantitative estimate of drug-likeness (QED) is 0.715. The summed E-state index contributed by atoms with van der Waals surface area (Å²) in [6.45, 7) is 2.13. The van der Waals surface area contributed by atoms with Crippen LogP contribution in [0.3, 0.4) is 0 Å². The number of hydrogen-bond acceptors (Lipinski definition) is 2. The number of aryl methyl sites for hydroxylation is 2. The zero-order valence-corrected chi connectivity index (χ0v) is 7.04. The molecule has 62 valence electrons. The predicted molar refractivity (Wildman–Crippen MR) is 43.5 cm³/mol. The molecule has 0 aliphatic heterocycles. The maximum Gasteiger partial charge on any atom is 0.233 e. The van der Waals surface area contributed by atoms with Gasteiger partial charge in [0.1, 0.15) is 0 Å². The summed E-state index contributed by atoms with van der Waals surface area (Å²) in [5, 5.41) is 13.1. The largest absolute Gasteiger partial charge is 0.492 e. The standard InChI is InChI=1S/C8H14N2O/c1-3-4-5-7-6-10(2)9-8(7)11/h6H,3-5H2,1-2H3,(H,9,11). The Hall–Kier alpha value is -0.990. The minimum atomic E-state index is 0.181. The van der Waals surface area contributed by atoms with Crippen molar-refractivity contribution in [2.45, 2.75) is 26.2 Å². The van der Waals surface area contributed by atoms with Crippen molar-refractivity contribution < 1.29 is 5.11 Å². The molecule has 1 heterocycles. The number of aromatic nitrogens is 2. The maximum atomic E-state index is 9.23. The second-order valence-electron chi connectivity index (χ2n) is 2.76. The van der Waals surface area contributed by atoms with Gasteiger partial charge in [0.05, 0.1) is 0 Å². The van der Waals surface area contributed by atoms with Crippen molar-refractivity contribution in [3.63, 3.8) is 0 Å². The molecule has 0 unspecified atom stereocenters. The fourth-order valence-corrected chi connectivity index (χ4v) is 1.07. The molecule has 1 N–H and O–H groups in total. The van der Waals surface area contributed by atoms with E-state index in [2.05, 4.69) is 12.0 Å². The van der Waals surface area contributed by atoms with Crippen molar-refractivity contribution in [3.05, 3.63) is 11.8 Å². The lowest BCUT2D eigenvalue weighted by molar-refractivity contribution is 0.438. The van der Waals surface area contributed by atoms with E-state index in [1.54, 1.807) is 4.68 Å². The van der Waals surface area contributed by atoms with Crippen LogP contribution in [0.2, 0.25) is 0 Å². The number of aromatic hydroxyl groups is 1. The molecule has 0 fully saturated rings. The van der Waals surface area contributed by atoms with Crippen molar-refractivity contribution in [3.8, 4) is 5.88 Å². The van der Waals surface area contributed by atoms with Crippen molar-refractivity contribution in [2.24, 2.45) is 7.05 Å². The third-order valence-corrected chi connectivity index (χ3v) is 1.68. The number of rotatable bonds is 3. The highest BCUT2D eigenvalue weighted by atomic mass is 16.3. The van der Waals surface area contributed by atoms with E-state index in [0.29, 0.717) is 0 Å². The summed E-state index contributed by atoms with van der Waals surface area (Å²) >= 11 is 0. The highest BCUT2D eigenvalue weighted by Gasteiger charge is 2.03. The van der Waals surface area contributed by atoms with Gasteiger partial charge in [-0.15, -0.1) is 5.10 Å². The van der Waals surface area contributed by atoms with Gasteiger partial charge in [0.25, 0.3) is 0 Å². The molecule has 1 aromatic rings. The summed E-state index contributed by atoms with van der Waals surface area (Å²) in [6.07, 6.45) is 5.05. The first-order valence-corrected chi connectivity index (χ1v) is 3.95. The predicted octanol–water partition coefficient (Wildman–Crippen LogP) is 1.47. The SMILES string of the molecule is CCCCc1cn(C)nc1O. The minimum Gasteiger partial charge on any atom is -0.492 e. The van der Waals surface area contributed by atoms with E-state index in [1.807, 2.05) is 13.2 Å². The van der Waals surface area contributed by atoms with Crippen LogP contribution in [-0.2, 0) is 13.5 Å². The van der Waals surface area contributed by atoms with Gasteiger partial charge in [0.15, 0.2) is 0 Å². The second kappa shape index (κ2) is 3.42. The lowest BCUT2D eigenvalue weighted by Crippen LogP contribution is -1.85. The molecule has 0 spiro atoms. The molecule has 0 amide bonds. The Bertz CT molecular complexity index is 230. The van der Waals surface area contributed by atoms with E-state index in [-0.39, 0.29) is 5.88 Å². The van der Waals surface area contributed by atoms with Crippen molar-refractivity contribution in [1.82, 2.24) is 9.78 Å². The van der Waals surface area contributed by atoms with Gasteiger partial charge in [0, 0.05) is 18.8 Å². The van der Waals surface area contributed by atoms with Crippen LogP contribution in [0.15, 0.2) is 6.20 Å². The number of hydrogen-bond donors (Lipinski definition) is 1. The van der Waals surface area contributed by atoms with E-state index < -0.39 is 0 Å². The minimum absolute atomic E-state index is 0.181. The molecule has 3 heteroatoms. The van der Waals surface area contributed by atoms with Gasteiger partial charge in [-0.25, -0.2) is 0 Å². The third kappa shape index (κ3) is 1.97. The first-order chi connectivity index (χ1) is 5.24. The van der Waals surface area contributed by atoms with E-state index in [1.165, 1.54) is 0 Å². The lowest BCUT2D eigenvalue weighted by atomic mass is 10.1. The first kappa shape index (κ1) is 8.11. The lowest BCUT2D eigenvalue weighted by Gasteiger charge is -1.92. The fraction of sp³-hybridized carbons (Fsp3) is 0.625. The molecule has 0 saturated carbocycles. The van der Waals surface area contributed by atoms with Gasteiger partial charge in [-0.2, -0.15) is 0 Å². The van der Waals surface area contributed by atoms with Gasteiger partial charge in [0.2, 0.25) is 5.88 Å². The molecule has 11 heavy (non-hydrogen) atoms. The monoisotopic (exact) mass is 154 g/mol. The number of nitrogens with zero attached hydrogens (tertiary/aromatic N) is 2. The Morgan fingerprint density at radius 3 is 2.82 bits per heavy atom. The van der Waals surface area contributed by atoms with E-state index in [9.17, 15) is 5.11 Å². The smallest absolute Gasteiger partial charge is 0.233 e. The maximum absolute atomic E-state index is 9.23. The van der Waals surface area contributed by atoms with Crippen LogP contribution in [0.5, 0.6) is 5.88 Å². The van der Waals surface area contributed by atoms with E-state index >= 15 is 0 Å². The van der Waals surface area contributed by atoms with Crippen LogP contribution in [-0.4, -0.2) is 14.9 Å². The highest BCUT2D eigenvalue weighted by molar-refractivity contribution is 5.21. The normalized spacial score (nSPS) is 10.4. The first-order valence-electron chi connectivity index (χ1n) is 3.95. The van der Waals surface area contributed by atoms with Gasteiger partial charge in [-0.1, -0.05) is 13.3 Å². The Morgan fingerprint density at radius 1 is 1.64 bits per heavy atom. The molecule has 0 bridgehead atoms. The summed E-state index contributed by atoms with van der Waals surface area (Å²) in [7, 11) is 1.81. The van der Waals surface area contributed by atoms with Crippen LogP contribution in [0.25, 0.3) is 0 Å². The van der Waals surface area contributed by atoms with Crippen LogP contribution < -0.4 is 0 Å². The Kier molecular flexibility index (Phi) is 2.52. The summed E-state index contributed by atoms with van der Waals surface area (Å²) in [6, 6.07) is 0. The van der Waals surface area contributed by atoms with Crippen molar-refractivity contribution >= 4 is 0 Å². The number of unbranched alkanes of at least 4 members (excludes halogenated alkanes) is 1. The summed E-state index contributed by atoms with van der Waals surface area (Å²) in [5.74, 6) is 0.181. The molecule has 0 aliphatic rings. The summed E-state index contributed by atoms with van der Waals surface area (Å²) in [5.41, 5.74) is 0.953. The zero-order valence-electron chi connectivity index (χ0n) is 7.04. The molecule has 0 aromatic carbocycles. The molecular weight excluding hydrogens is 140 g/mol. The van der Waals surface area contributed by atoms with Gasteiger partial charge in [-0.3, -0.25) is 4.68 Å². The molecule has 0 atom stereocenters. The molecule has 0 radical (unpaired) electrons. The Labute approximate surface area is 66.7 Å². The molecule has 1 aromatic heterocycles. The fourth-order valence-electron chi connectivity index (χ4n) is 1.07. The molecule has 0 aliphatic carbocycles. The molecule has 0 saturated heterocycles. The van der Waals surface area contributed by atoms with Crippen molar-refractivity contribution in [2.75, 3.05) is 0 Å². The van der Waals surface area contributed by atoms with Crippen LogP contribution >= 0.6 is 0 Å². The second-order valence-corrected chi connectivity index (χ2v) is 2.76.